The fourth-order valence-corrected chi connectivity index (χ4v) is 3.03. The molecule has 1 amide bonds. The maximum absolute atomic E-state index is 12.1. The van der Waals surface area contributed by atoms with Gasteiger partial charge in [-0.05, 0) is 43.5 Å². The first kappa shape index (κ1) is 14.9. The van der Waals surface area contributed by atoms with Crippen molar-refractivity contribution in [2.24, 2.45) is 5.41 Å². The van der Waals surface area contributed by atoms with Gasteiger partial charge in [0, 0.05) is 17.1 Å². The second-order valence-electron chi connectivity index (χ2n) is 5.49. The molecule has 0 radical (unpaired) electrons. The highest BCUT2D eigenvalue weighted by molar-refractivity contribution is 6.31. The van der Waals surface area contributed by atoms with Crippen LogP contribution in [0.25, 0.3) is 0 Å². The van der Waals surface area contributed by atoms with Gasteiger partial charge in [0.1, 0.15) is 0 Å². The van der Waals surface area contributed by atoms with Crippen LogP contribution in [0.1, 0.15) is 41.6 Å². The summed E-state index contributed by atoms with van der Waals surface area (Å²) in [7, 11) is 0. The van der Waals surface area contributed by atoms with Crippen molar-refractivity contribution in [2.45, 2.75) is 32.6 Å². The third kappa shape index (κ3) is 3.12. The SMILES string of the molecule is Cc1cc(Cl)cc(C(=O)NCC2(C(=O)O)CCCC2)c1. The lowest BCUT2D eigenvalue weighted by Gasteiger charge is -2.24. The van der Waals surface area contributed by atoms with E-state index in [0.29, 0.717) is 23.4 Å². The van der Waals surface area contributed by atoms with E-state index in [9.17, 15) is 14.7 Å². The number of aliphatic carboxylic acids is 1. The first-order valence-electron chi connectivity index (χ1n) is 6.72. The molecule has 0 aliphatic heterocycles. The number of hydrogen-bond donors (Lipinski definition) is 2. The van der Waals surface area contributed by atoms with Crippen molar-refractivity contribution in [1.82, 2.24) is 5.32 Å². The van der Waals surface area contributed by atoms with Crippen LogP contribution < -0.4 is 5.32 Å². The van der Waals surface area contributed by atoms with Crippen LogP contribution in [0, 0.1) is 12.3 Å². The fraction of sp³-hybridized carbons (Fsp3) is 0.467. The number of nitrogens with one attached hydrogen (secondary N) is 1. The van der Waals surface area contributed by atoms with E-state index in [1.54, 1.807) is 18.2 Å². The Kier molecular flexibility index (Phi) is 4.33. The van der Waals surface area contributed by atoms with Gasteiger partial charge >= 0.3 is 5.97 Å². The van der Waals surface area contributed by atoms with Gasteiger partial charge in [0.05, 0.1) is 5.41 Å². The number of carbonyl (C=O) groups is 2. The lowest BCUT2D eigenvalue weighted by Crippen LogP contribution is -2.41. The Morgan fingerprint density at radius 3 is 2.50 bits per heavy atom. The molecule has 1 saturated carbocycles. The number of aryl methyl sites for hydroxylation is 1. The number of rotatable bonds is 4. The van der Waals surface area contributed by atoms with Crippen LogP contribution >= 0.6 is 11.6 Å². The number of carbonyl (C=O) groups excluding carboxylic acids is 1. The molecule has 0 heterocycles. The predicted molar refractivity (Wildman–Crippen MR) is 77.1 cm³/mol. The van der Waals surface area contributed by atoms with Gasteiger partial charge in [-0.1, -0.05) is 24.4 Å². The minimum atomic E-state index is -0.822. The van der Waals surface area contributed by atoms with E-state index in [0.717, 1.165) is 18.4 Å². The van der Waals surface area contributed by atoms with Crippen LogP contribution in [-0.2, 0) is 4.79 Å². The van der Waals surface area contributed by atoms with Crippen molar-refractivity contribution in [3.63, 3.8) is 0 Å². The highest BCUT2D eigenvalue weighted by Crippen LogP contribution is 2.37. The molecule has 0 unspecified atom stereocenters. The molecule has 0 bridgehead atoms. The number of hydrogen-bond acceptors (Lipinski definition) is 2. The smallest absolute Gasteiger partial charge is 0.311 e. The van der Waals surface area contributed by atoms with Gasteiger partial charge in [0.15, 0.2) is 0 Å². The molecule has 2 rings (SSSR count). The molecule has 4 nitrogen and oxygen atoms in total. The van der Waals surface area contributed by atoms with Gasteiger partial charge in [-0.2, -0.15) is 0 Å². The van der Waals surface area contributed by atoms with Gasteiger partial charge in [0.25, 0.3) is 5.91 Å². The van der Waals surface area contributed by atoms with Gasteiger partial charge in [-0.25, -0.2) is 0 Å². The monoisotopic (exact) mass is 295 g/mol. The summed E-state index contributed by atoms with van der Waals surface area (Å²) in [6, 6.07) is 5.10. The van der Waals surface area contributed by atoms with Crippen LogP contribution in [0.5, 0.6) is 0 Å². The third-order valence-corrected chi connectivity index (χ3v) is 4.12. The fourth-order valence-electron chi connectivity index (χ4n) is 2.74. The van der Waals surface area contributed by atoms with Crippen molar-refractivity contribution in [3.05, 3.63) is 34.3 Å². The number of benzene rings is 1. The minimum Gasteiger partial charge on any atom is -0.481 e. The average Bonchev–Trinajstić information content (AvgIpc) is 2.84. The number of carboxylic acid groups (broad SMARTS) is 1. The molecule has 20 heavy (non-hydrogen) atoms. The Labute approximate surface area is 123 Å². The summed E-state index contributed by atoms with van der Waals surface area (Å²) >= 11 is 5.93. The molecular formula is C15H18ClNO3. The summed E-state index contributed by atoms with van der Waals surface area (Å²) in [5, 5.41) is 12.6. The Balaban J connectivity index is 2.06. The second-order valence-corrected chi connectivity index (χ2v) is 5.93. The number of halogens is 1. The second kappa shape index (κ2) is 5.83. The van der Waals surface area contributed by atoms with E-state index in [1.807, 2.05) is 6.92 Å². The molecule has 1 aromatic carbocycles. The Morgan fingerprint density at radius 2 is 1.95 bits per heavy atom. The lowest BCUT2D eigenvalue weighted by atomic mass is 9.86. The first-order valence-corrected chi connectivity index (χ1v) is 7.10. The van der Waals surface area contributed by atoms with Crippen molar-refractivity contribution in [1.29, 1.82) is 0 Å². The molecule has 1 aliphatic rings. The molecule has 1 fully saturated rings. The van der Waals surface area contributed by atoms with Crippen LogP contribution in [0.2, 0.25) is 5.02 Å². The zero-order chi connectivity index (χ0) is 14.8. The van der Waals surface area contributed by atoms with Gasteiger partial charge in [-0.15, -0.1) is 0 Å². The Bertz CT molecular complexity index is 516. The maximum Gasteiger partial charge on any atom is 0.311 e. The Hall–Kier alpha value is -1.55. The molecule has 1 aromatic rings. The van der Waals surface area contributed by atoms with Crippen molar-refractivity contribution >= 4 is 23.5 Å². The standard InChI is InChI=1S/C15H18ClNO3/c1-10-6-11(8-12(16)7-10)13(18)17-9-15(14(19)20)4-2-3-5-15/h6-8H,2-5,9H2,1H3,(H,17,18)(H,19,20). The van der Waals surface area contributed by atoms with Crippen molar-refractivity contribution in [3.8, 4) is 0 Å². The first-order chi connectivity index (χ1) is 9.43. The van der Waals surface area contributed by atoms with Gasteiger partial charge in [0.2, 0.25) is 0 Å². The highest BCUT2D eigenvalue weighted by Gasteiger charge is 2.41. The number of carboxylic acids is 1. The van der Waals surface area contributed by atoms with Gasteiger partial charge < -0.3 is 10.4 Å². The average molecular weight is 296 g/mol. The van der Waals surface area contributed by atoms with Crippen molar-refractivity contribution in [2.75, 3.05) is 6.54 Å². The summed E-state index contributed by atoms with van der Waals surface area (Å²) in [5.74, 6) is -1.10. The van der Waals surface area contributed by atoms with Crippen LogP contribution in [0.3, 0.4) is 0 Å². The van der Waals surface area contributed by atoms with E-state index in [4.69, 9.17) is 11.6 Å². The third-order valence-electron chi connectivity index (χ3n) is 3.91. The van der Waals surface area contributed by atoms with Crippen LogP contribution in [0.4, 0.5) is 0 Å². The highest BCUT2D eigenvalue weighted by atomic mass is 35.5. The topological polar surface area (TPSA) is 66.4 Å². The van der Waals surface area contributed by atoms with Crippen LogP contribution in [-0.4, -0.2) is 23.5 Å². The molecule has 0 spiro atoms. The molecule has 5 heteroatoms. The van der Waals surface area contributed by atoms with E-state index >= 15 is 0 Å². The van der Waals surface area contributed by atoms with E-state index in [1.165, 1.54) is 0 Å². The summed E-state index contributed by atoms with van der Waals surface area (Å²) in [4.78, 5) is 23.5. The maximum atomic E-state index is 12.1. The summed E-state index contributed by atoms with van der Waals surface area (Å²) in [6.07, 6.45) is 3.05. The van der Waals surface area contributed by atoms with Crippen molar-refractivity contribution < 1.29 is 14.7 Å². The largest absolute Gasteiger partial charge is 0.481 e. The predicted octanol–water partition coefficient (Wildman–Crippen LogP) is 3.02. The molecule has 108 valence electrons. The van der Waals surface area contributed by atoms with E-state index < -0.39 is 11.4 Å². The van der Waals surface area contributed by atoms with Crippen LogP contribution in [0.15, 0.2) is 18.2 Å². The van der Waals surface area contributed by atoms with E-state index in [2.05, 4.69) is 5.32 Å². The van der Waals surface area contributed by atoms with E-state index in [-0.39, 0.29) is 12.5 Å². The molecule has 0 atom stereocenters. The molecule has 2 N–H and O–H groups in total. The molecule has 0 aromatic heterocycles. The quantitative estimate of drug-likeness (QED) is 0.897. The number of amides is 1. The summed E-state index contributed by atoms with van der Waals surface area (Å²) in [5.41, 5.74) is 0.563. The zero-order valence-electron chi connectivity index (χ0n) is 11.4. The molecule has 1 aliphatic carbocycles. The minimum absolute atomic E-state index is 0.173. The van der Waals surface area contributed by atoms with Gasteiger partial charge in [-0.3, -0.25) is 9.59 Å². The molecule has 0 saturated heterocycles. The molecular weight excluding hydrogens is 278 g/mol. The normalized spacial score (nSPS) is 16.9. The summed E-state index contributed by atoms with van der Waals surface area (Å²) < 4.78 is 0. The zero-order valence-corrected chi connectivity index (χ0v) is 12.2. The lowest BCUT2D eigenvalue weighted by molar-refractivity contribution is -0.148. The Morgan fingerprint density at radius 1 is 1.30 bits per heavy atom. The summed E-state index contributed by atoms with van der Waals surface area (Å²) in [6.45, 7) is 2.03.